The first-order chi connectivity index (χ1) is 17.4. The zero-order valence-corrected chi connectivity index (χ0v) is 24.3. The fraction of sp³-hybridized carbons (Fsp3) is 0.400. The largest absolute Gasteiger partial charge is 0.398 e. The van der Waals surface area contributed by atoms with Gasteiger partial charge in [0.05, 0.1) is 6.04 Å². The number of nitrogens with zero attached hydrogens (tertiary/aromatic N) is 3. The molecule has 2 heterocycles. The van der Waals surface area contributed by atoms with Crippen LogP contribution in [-0.4, -0.2) is 66.3 Å². The molecule has 0 unspecified atom stereocenters. The van der Waals surface area contributed by atoms with Crippen LogP contribution in [0.4, 0.5) is 5.13 Å². The molecule has 1 aromatic carbocycles. The van der Waals surface area contributed by atoms with Crippen molar-refractivity contribution in [1.29, 1.82) is 0 Å². The number of hydrogen-bond acceptors (Lipinski definition) is 7. The highest BCUT2D eigenvalue weighted by molar-refractivity contribution is 7.14. The Kier molecular flexibility index (Phi) is 8.93. The monoisotopic (exact) mass is 561 g/mol. The van der Waals surface area contributed by atoms with Gasteiger partial charge in [-0.3, -0.25) is 14.4 Å². The quantitative estimate of drug-likeness (QED) is 0.157. The first kappa shape index (κ1) is 28.5. The highest BCUT2D eigenvalue weighted by Gasteiger charge is 2.57. The number of amides is 3. The number of benzene rings is 1. The second kappa shape index (κ2) is 11.6. The van der Waals surface area contributed by atoms with Gasteiger partial charge in [0.15, 0.2) is 19.1 Å². The van der Waals surface area contributed by atoms with Crippen LogP contribution in [0.1, 0.15) is 32.0 Å². The molecular weight excluding hydrogens is 530 g/mol. The number of alkyl halides is 1. The Labute approximate surface area is 227 Å². The van der Waals surface area contributed by atoms with E-state index in [-0.39, 0.29) is 39.4 Å². The van der Waals surface area contributed by atoms with Gasteiger partial charge in [0.25, 0.3) is 5.91 Å². The molecule has 9 nitrogen and oxygen atoms in total. The molecule has 3 amide bonds. The first-order valence-electron chi connectivity index (χ1n) is 11.7. The number of carbonyl (C=O) groups excluding carboxylic acids is 3. The van der Waals surface area contributed by atoms with E-state index < -0.39 is 26.1 Å². The number of aromatic nitrogens is 1. The zero-order chi connectivity index (χ0) is 27.4. The van der Waals surface area contributed by atoms with Crippen molar-refractivity contribution in [2.75, 3.05) is 18.3 Å². The number of carbonyl (C=O) groups is 3. The van der Waals surface area contributed by atoms with Crippen LogP contribution in [0, 0.1) is 0 Å². The van der Waals surface area contributed by atoms with Crippen LogP contribution >= 0.6 is 22.9 Å². The maximum atomic E-state index is 13.5. The third-order valence-corrected chi connectivity index (χ3v) is 13.1. The van der Waals surface area contributed by atoms with Crippen LogP contribution in [-0.2, 0) is 19.2 Å². The van der Waals surface area contributed by atoms with Crippen LogP contribution < -0.4 is 10.6 Å². The molecule has 2 N–H and O–H groups in total. The second-order valence-electron chi connectivity index (χ2n) is 10.1. The van der Waals surface area contributed by atoms with Gasteiger partial charge in [-0.2, -0.15) is 0 Å². The highest BCUT2D eigenvalue weighted by atomic mass is 35.5. The molecule has 37 heavy (non-hydrogen) atoms. The number of rotatable bonds is 9. The summed E-state index contributed by atoms with van der Waals surface area (Å²) in [5.74, 6) is -1.38. The third kappa shape index (κ3) is 6.28. The van der Waals surface area contributed by atoms with Crippen molar-refractivity contribution in [1.82, 2.24) is 14.9 Å². The molecule has 0 bridgehead atoms. The van der Waals surface area contributed by atoms with Crippen LogP contribution in [0.15, 0.2) is 46.9 Å². The molecule has 0 radical (unpaired) electrons. The van der Waals surface area contributed by atoms with Crippen LogP contribution in [0.5, 0.6) is 0 Å². The number of oxime groups is 1. The Bertz CT molecular complexity index is 1210. The number of anilines is 1. The molecule has 0 aliphatic carbocycles. The lowest BCUT2D eigenvalue weighted by atomic mass is 9.97. The van der Waals surface area contributed by atoms with Crippen molar-refractivity contribution in [2.24, 2.45) is 5.16 Å². The predicted octanol–water partition coefficient (Wildman–Crippen LogP) is 4.09. The van der Waals surface area contributed by atoms with Crippen molar-refractivity contribution in [3.63, 3.8) is 0 Å². The molecule has 198 valence electrons. The van der Waals surface area contributed by atoms with Gasteiger partial charge in [-0.1, -0.05) is 81.5 Å². The summed E-state index contributed by atoms with van der Waals surface area (Å²) in [6.07, 6.45) is 3.94. The normalized spacial score (nSPS) is 18.5. The lowest BCUT2D eigenvalue weighted by Crippen LogP contribution is -2.78. The van der Waals surface area contributed by atoms with E-state index in [0.717, 1.165) is 16.9 Å². The van der Waals surface area contributed by atoms with Crippen LogP contribution in [0.25, 0.3) is 6.08 Å². The minimum atomic E-state index is -2.24. The van der Waals surface area contributed by atoms with Gasteiger partial charge in [-0.05, 0) is 10.6 Å². The lowest BCUT2D eigenvalue weighted by Gasteiger charge is -2.57. The summed E-state index contributed by atoms with van der Waals surface area (Å²) in [6, 6.07) is 8.70. The van der Waals surface area contributed by atoms with Gasteiger partial charge in [-0.25, -0.2) is 4.98 Å². The van der Waals surface area contributed by atoms with E-state index in [2.05, 4.69) is 54.6 Å². The summed E-state index contributed by atoms with van der Waals surface area (Å²) in [4.78, 5) is 47.5. The molecule has 1 aromatic heterocycles. The number of hydrogen-bond donors (Lipinski definition) is 2. The average molecular weight is 562 g/mol. The molecule has 0 saturated carbocycles. The van der Waals surface area contributed by atoms with Gasteiger partial charge in [0, 0.05) is 5.38 Å². The Morgan fingerprint density at radius 2 is 1.95 bits per heavy atom. The molecule has 2 aromatic rings. The summed E-state index contributed by atoms with van der Waals surface area (Å²) in [6.45, 7) is 10.7. The van der Waals surface area contributed by atoms with Crippen LogP contribution in [0.3, 0.4) is 0 Å². The molecule has 2 atom stereocenters. The van der Waals surface area contributed by atoms with Crippen LogP contribution in [0.2, 0.25) is 18.1 Å². The van der Waals surface area contributed by atoms with Gasteiger partial charge in [0.2, 0.25) is 11.8 Å². The van der Waals surface area contributed by atoms with Crippen molar-refractivity contribution in [3.8, 4) is 0 Å². The average Bonchev–Trinajstić information content (AvgIpc) is 3.30. The minimum Gasteiger partial charge on any atom is -0.398 e. The number of nitrogens with one attached hydrogen (secondary N) is 2. The van der Waals surface area contributed by atoms with Gasteiger partial charge in [0.1, 0.15) is 24.7 Å². The van der Waals surface area contributed by atoms with E-state index in [1.807, 2.05) is 47.0 Å². The fourth-order valence-corrected chi connectivity index (χ4v) is 6.91. The Morgan fingerprint density at radius 3 is 2.54 bits per heavy atom. The highest BCUT2D eigenvalue weighted by Crippen LogP contribution is 2.43. The molecule has 1 saturated heterocycles. The summed E-state index contributed by atoms with van der Waals surface area (Å²) in [7, 11) is -0.922. The predicted molar refractivity (Wildman–Crippen MR) is 150 cm³/mol. The molecule has 1 aliphatic rings. The first-order valence-corrected chi connectivity index (χ1v) is 16.1. The Morgan fingerprint density at radius 1 is 1.27 bits per heavy atom. The summed E-state index contributed by atoms with van der Waals surface area (Å²) in [5.41, 5.74) is 1.10. The van der Waals surface area contributed by atoms with E-state index in [4.69, 9.17) is 16.4 Å². The standard InChI is InChI=1S/C25H32ClN5O4SSi/c1-25(2,3)37(5,6)31-18(13-12-16-10-8-7-9-11-16)21(23(31)34)29-22(33)20(30-35-4)17-15-36-24(27-17)28-19(32)14-26/h7-13,15,18,21H,14H2,1-6H3,(H,29,33)(H,27,28,32)/t18-,21+/m1/s1. The topological polar surface area (TPSA) is 113 Å². The summed E-state index contributed by atoms with van der Waals surface area (Å²) < 4.78 is 1.95. The van der Waals surface area contributed by atoms with E-state index in [1.165, 1.54) is 7.11 Å². The second-order valence-corrected chi connectivity index (χ2v) is 16.3. The number of thiazole rings is 1. The van der Waals surface area contributed by atoms with Crippen molar-refractivity contribution >= 4 is 65.8 Å². The molecule has 0 spiro atoms. The number of halogens is 1. The van der Waals surface area contributed by atoms with Crippen molar-refractivity contribution in [2.45, 2.75) is 51.0 Å². The molecule has 1 fully saturated rings. The molecular formula is C25H32ClN5O4SSi. The van der Waals surface area contributed by atoms with E-state index in [0.29, 0.717) is 0 Å². The minimum absolute atomic E-state index is 0.0798. The maximum absolute atomic E-state index is 13.5. The lowest BCUT2D eigenvalue weighted by molar-refractivity contribution is -0.143. The molecule has 3 rings (SSSR count). The van der Waals surface area contributed by atoms with Crippen molar-refractivity contribution < 1.29 is 19.2 Å². The van der Waals surface area contributed by atoms with Crippen molar-refractivity contribution in [3.05, 3.63) is 53.0 Å². The molecule has 12 heteroatoms. The van der Waals surface area contributed by atoms with E-state index in [1.54, 1.807) is 5.38 Å². The smallest absolute Gasteiger partial charge is 0.276 e. The molecule has 1 aliphatic heterocycles. The number of β-lactam (4-membered cyclic amide) rings is 1. The Balaban J connectivity index is 1.87. The SMILES string of the molecule is CON=C(C(=O)N[C@@H]1C(=O)N([Si](C)(C)C(C)(C)C)[C@@H]1C=Cc1ccccc1)c1csc(NC(=O)CCl)n1. The van der Waals surface area contributed by atoms with E-state index in [9.17, 15) is 14.4 Å². The van der Waals surface area contributed by atoms with Gasteiger partial charge in [-0.15, -0.1) is 22.9 Å². The zero-order valence-electron chi connectivity index (χ0n) is 21.7. The maximum Gasteiger partial charge on any atom is 0.276 e. The summed E-state index contributed by atoms with van der Waals surface area (Å²) in [5, 5.41) is 11.0. The third-order valence-electron chi connectivity index (χ3n) is 6.67. The van der Waals surface area contributed by atoms with Gasteiger partial charge >= 0.3 is 0 Å². The van der Waals surface area contributed by atoms with Gasteiger partial charge < -0.3 is 20.0 Å². The Hall–Kier alpha value is -3.02. The summed E-state index contributed by atoms with van der Waals surface area (Å²) >= 11 is 6.65. The fourth-order valence-electron chi connectivity index (χ4n) is 3.74. The van der Waals surface area contributed by atoms with E-state index >= 15 is 0 Å².